The van der Waals surface area contributed by atoms with Gasteiger partial charge < -0.3 is 15.3 Å². The molecule has 6 nitrogen and oxygen atoms in total. The normalized spacial score (nSPS) is 13.0. The maximum absolute atomic E-state index is 13.2. The van der Waals surface area contributed by atoms with Crippen LogP contribution in [-0.4, -0.2) is 36.1 Å². The highest BCUT2D eigenvalue weighted by molar-refractivity contribution is 5.99. The molecular weight excluding hydrogens is 433 g/mol. The Kier molecular flexibility index (Phi) is 6.90. The van der Waals surface area contributed by atoms with Crippen LogP contribution in [0.25, 0.3) is 22.2 Å². The number of hydrogen-bond acceptors (Lipinski definition) is 6. The summed E-state index contributed by atoms with van der Waals surface area (Å²) in [4.78, 5) is 8.95. The molecule has 0 aliphatic heterocycles. The molecule has 0 bridgehead atoms. The largest absolute Gasteiger partial charge is 0.493 e. The predicted octanol–water partition coefficient (Wildman–Crippen LogP) is 5.32. The van der Waals surface area contributed by atoms with Crippen molar-refractivity contribution in [2.24, 2.45) is 16.4 Å². The second kappa shape index (κ2) is 9.48. The molecule has 0 fully saturated rings. The third-order valence-electron chi connectivity index (χ3n) is 5.42. The number of allylic oxidation sites excluding steroid dienone is 2. The quantitative estimate of drug-likeness (QED) is 0.295. The molecule has 33 heavy (non-hydrogen) atoms. The molecule has 0 saturated heterocycles. The van der Waals surface area contributed by atoms with Crippen molar-refractivity contribution in [3.05, 3.63) is 60.4 Å². The van der Waals surface area contributed by atoms with Gasteiger partial charge in [0, 0.05) is 29.4 Å². The van der Waals surface area contributed by atoms with Gasteiger partial charge in [0.05, 0.1) is 31.1 Å². The molecule has 0 spiro atoms. The van der Waals surface area contributed by atoms with Crippen LogP contribution in [0.3, 0.4) is 0 Å². The molecule has 9 heteroatoms. The first-order valence-electron chi connectivity index (χ1n) is 10.1. The Labute approximate surface area is 189 Å². The van der Waals surface area contributed by atoms with E-state index in [0.29, 0.717) is 23.6 Å². The summed E-state index contributed by atoms with van der Waals surface area (Å²) in [5.74, 6) is 6.40. The summed E-state index contributed by atoms with van der Waals surface area (Å²) in [6, 6.07) is 9.31. The van der Waals surface area contributed by atoms with Crippen LogP contribution in [0.5, 0.6) is 11.5 Å². The number of halogens is 3. The van der Waals surface area contributed by atoms with Crippen LogP contribution in [0.2, 0.25) is 0 Å². The number of hydrogen-bond donors (Lipinski definition) is 1. The standard InChI is InChI=1S/C24H25F3N4O2/c1-23(2,24(25,26)27)22(31-28)7-5-6-15-8-9-18(29-13-15)17-10-16-11-20(32-3)21(33-4)12-19(16)30-14-17/h5,7-14H,6,28H2,1-4H3/b7-5+,31-22+. The summed E-state index contributed by atoms with van der Waals surface area (Å²) in [5.41, 5.74) is 0.744. The molecule has 2 N–H and O–H groups in total. The van der Waals surface area contributed by atoms with Gasteiger partial charge in [-0.25, -0.2) is 0 Å². The number of nitrogens with two attached hydrogens (primary N) is 1. The number of benzene rings is 1. The molecule has 0 aliphatic rings. The maximum atomic E-state index is 13.2. The van der Waals surface area contributed by atoms with Crippen molar-refractivity contribution in [3.63, 3.8) is 0 Å². The molecule has 0 atom stereocenters. The van der Waals surface area contributed by atoms with E-state index in [9.17, 15) is 13.2 Å². The van der Waals surface area contributed by atoms with Gasteiger partial charge in [-0.05, 0) is 50.1 Å². The number of rotatable bonds is 7. The van der Waals surface area contributed by atoms with Crippen LogP contribution in [-0.2, 0) is 6.42 Å². The van der Waals surface area contributed by atoms with E-state index in [1.54, 1.807) is 38.8 Å². The van der Waals surface area contributed by atoms with Gasteiger partial charge in [0.1, 0.15) is 5.41 Å². The summed E-state index contributed by atoms with van der Waals surface area (Å²) in [5, 5.41) is 4.20. The number of nitrogens with zero attached hydrogens (tertiary/aromatic N) is 3. The van der Waals surface area contributed by atoms with E-state index >= 15 is 0 Å². The zero-order chi connectivity index (χ0) is 24.2. The lowest BCUT2D eigenvalue weighted by Crippen LogP contribution is -2.39. The Morgan fingerprint density at radius 1 is 1.03 bits per heavy atom. The lowest BCUT2D eigenvalue weighted by Gasteiger charge is -2.27. The Morgan fingerprint density at radius 3 is 2.30 bits per heavy atom. The first-order chi connectivity index (χ1) is 15.6. The minimum atomic E-state index is -4.46. The van der Waals surface area contributed by atoms with E-state index in [0.717, 1.165) is 35.9 Å². The van der Waals surface area contributed by atoms with E-state index in [4.69, 9.17) is 15.3 Å². The van der Waals surface area contributed by atoms with E-state index < -0.39 is 11.6 Å². The average molecular weight is 458 g/mol. The summed E-state index contributed by atoms with van der Waals surface area (Å²) in [6.45, 7) is 2.09. The monoisotopic (exact) mass is 458 g/mol. The van der Waals surface area contributed by atoms with Crippen LogP contribution >= 0.6 is 0 Å². The summed E-state index contributed by atoms with van der Waals surface area (Å²) < 4.78 is 50.3. The summed E-state index contributed by atoms with van der Waals surface area (Å²) in [6.07, 6.45) is 2.21. The highest BCUT2D eigenvalue weighted by atomic mass is 19.4. The number of fused-ring (bicyclic) bond motifs is 1. The second-order valence-electron chi connectivity index (χ2n) is 7.92. The second-order valence-corrected chi connectivity index (χ2v) is 7.92. The third-order valence-corrected chi connectivity index (χ3v) is 5.42. The van der Waals surface area contributed by atoms with Crippen LogP contribution < -0.4 is 15.3 Å². The third kappa shape index (κ3) is 5.08. The SMILES string of the molecule is COc1cc2cc(-c3ccc(C/C=C/C(=N\N)C(C)(C)C(F)(F)F)cn3)cnc2cc1OC. The molecule has 2 heterocycles. The van der Waals surface area contributed by atoms with Gasteiger partial charge in [-0.3, -0.25) is 9.97 Å². The predicted molar refractivity (Wildman–Crippen MR) is 122 cm³/mol. The molecule has 0 aliphatic carbocycles. The minimum Gasteiger partial charge on any atom is -0.493 e. The minimum absolute atomic E-state index is 0.242. The summed E-state index contributed by atoms with van der Waals surface area (Å²) in [7, 11) is 3.14. The van der Waals surface area contributed by atoms with E-state index in [1.165, 1.54) is 6.08 Å². The van der Waals surface area contributed by atoms with Crippen molar-refractivity contribution in [2.75, 3.05) is 14.2 Å². The fourth-order valence-corrected chi connectivity index (χ4v) is 3.18. The molecule has 0 radical (unpaired) electrons. The zero-order valence-corrected chi connectivity index (χ0v) is 18.8. The topological polar surface area (TPSA) is 82.6 Å². The fraction of sp³-hybridized carbons (Fsp3) is 0.292. The van der Waals surface area contributed by atoms with Crippen molar-refractivity contribution in [2.45, 2.75) is 26.4 Å². The number of methoxy groups -OCH3 is 2. The van der Waals surface area contributed by atoms with Crippen LogP contribution in [0.4, 0.5) is 13.2 Å². The number of alkyl halides is 3. The smallest absolute Gasteiger partial charge is 0.399 e. The molecule has 3 aromatic rings. The molecular formula is C24H25F3N4O2. The lowest BCUT2D eigenvalue weighted by atomic mass is 9.86. The van der Waals surface area contributed by atoms with Gasteiger partial charge in [0.15, 0.2) is 11.5 Å². The Hall–Kier alpha value is -3.62. The zero-order valence-electron chi connectivity index (χ0n) is 18.8. The van der Waals surface area contributed by atoms with Gasteiger partial charge in [-0.15, -0.1) is 0 Å². The van der Waals surface area contributed by atoms with E-state index in [-0.39, 0.29) is 5.71 Å². The van der Waals surface area contributed by atoms with Gasteiger partial charge in [-0.1, -0.05) is 12.1 Å². The Bertz CT molecular complexity index is 1190. The average Bonchev–Trinajstić information content (AvgIpc) is 2.80. The van der Waals surface area contributed by atoms with E-state index in [2.05, 4.69) is 15.1 Å². The first-order valence-corrected chi connectivity index (χ1v) is 10.1. The molecule has 3 rings (SSSR count). The highest BCUT2D eigenvalue weighted by Gasteiger charge is 2.50. The number of pyridine rings is 2. The number of hydrazone groups is 1. The van der Waals surface area contributed by atoms with Crippen molar-refractivity contribution in [1.29, 1.82) is 0 Å². The van der Waals surface area contributed by atoms with Gasteiger partial charge in [-0.2, -0.15) is 18.3 Å². The molecule has 174 valence electrons. The van der Waals surface area contributed by atoms with Crippen molar-refractivity contribution in [1.82, 2.24) is 9.97 Å². The van der Waals surface area contributed by atoms with Gasteiger partial charge in [0.25, 0.3) is 0 Å². The number of aromatic nitrogens is 2. The molecule has 0 saturated carbocycles. The Morgan fingerprint density at radius 2 is 1.73 bits per heavy atom. The fourth-order valence-electron chi connectivity index (χ4n) is 3.18. The molecule has 1 aromatic carbocycles. The van der Waals surface area contributed by atoms with Crippen LogP contribution in [0.1, 0.15) is 19.4 Å². The van der Waals surface area contributed by atoms with Crippen molar-refractivity contribution in [3.8, 4) is 22.8 Å². The van der Waals surface area contributed by atoms with Gasteiger partial charge in [0.2, 0.25) is 0 Å². The molecule has 0 unspecified atom stereocenters. The molecule has 0 amide bonds. The highest BCUT2D eigenvalue weighted by Crippen LogP contribution is 2.39. The van der Waals surface area contributed by atoms with Crippen LogP contribution in [0.15, 0.2) is 60.0 Å². The lowest BCUT2D eigenvalue weighted by molar-refractivity contribution is -0.185. The van der Waals surface area contributed by atoms with Crippen LogP contribution in [0, 0.1) is 5.41 Å². The maximum Gasteiger partial charge on any atom is 0.399 e. The Balaban J connectivity index is 1.77. The van der Waals surface area contributed by atoms with E-state index in [1.807, 2.05) is 24.3 Å². The summed E-state index contributed by atoms with van der Waals surface area (Å²) >= 11 is 0. The van der Waals surface area contributed by atoms with Crippen molar-refractivity contribution < 1.29 is 22.6 Å². The molecule has 2 aromatic heterocycles. The first kappa shape index (κ1) is 24.0. The number of ether oxygens (including phenoxy) is 2. The van der Waals surface area contributed by atoms with Crippen molar-refractivity contribution >= 4 is 16.6 Å². The van der Waals surface area contributed by atoms with Gasteiger partial charge >= 0.3 is 6.18 Å².